The molecule has 2 atom stereocenters. The van der Waals surface area contributed by atoms with Crippen LogP contribution in [0.25, 0.3) is 0 Å². The maximum Gasteiger partial charge on any atom is 0.329 e. The molecule has 3 amide bonds. The van der Waals surface area contributed by atoms with E-state index in [9.17, 15) is 19.2 Å². The SMILES string of the molecule is CC(C(=O)OCC(=O)NC(c1ccccc1)C1CC1)N1C(=O)c2ccccc2C1=O. The minimum atomic E-state index is -1.13. The van der Waals surface area contributed by atoms with Gasteiger partial charge in [-0.25, -0.2) is 4.79 Å². The van der Waals surface area contributed by atoms with Crippen LogP contribution < -0.4 is 5.32 Å². The van der Waals surface area contributed by atoms with E-state index in [1.54, 1.807) is 24.3 Å². The van der Waals surface area contributed by atoms with Crippen LogP contribution in [0.3, 0.4) is 0 Å². The van der Waals surface area contributed by atoms with E-state index in [1.807, 2.05) is 30.3 Å². The molecule has 4 rings (SSSR count). The Kier molecular flexibility index (Phi) is 5.35. The highest BCUT2D eigenvalue weighted by Crippen LogP contribution is 2.40. The van der Waals surface area contributed by atoms with Gasteiger partial charge in [-0.05, 0) is 43.4 Å². The zero-order valence-electron chi connectivity index (χ0n) is 16.5. The summed E-state index contributed by atoms with van der Waals surface area (Å²) in [4.78, 5) is 50.7. The number of fused-ring (bicyclic) bond motifs is 1. The van der Waals surface area contributed by atoms with Crippen LogP contribution in [0.5, 0.6) is 0 Å². The van der Waals surface area contributed by atoms with E-state index < -0.39 is 36.3 Å². The van der Waals surface area contributed by atoms with Gasteiger partial charge in [-0.15, -0.1) is 0 Å². The molecule has 1 aliphatic heterocycles. The molecule has 1 N–H and O–H groups in total. The van der Waals surface area contributed by atoms with Crippen LogP contribution in [0.15, 0.2) is 54.6 Å². The standard InChI is InChI=1S/C23H22N2O5/c1-14(25-21(27)17-9-5-6-10-18(17)22(25)28)23(29)30-13-19(26)24-20(16-11-12-16)15-7-3-2-4-8-15/h2-10,14,16,20H,11-13H2,1H3,(H,24,26). The summed E-state index contributed by atoms with van der Waals surface area (Å²) in [5, 5.41) is 2.93. The van der Waals surface area contributed by atoms with Gasteiger partial charge in [-0.3, -0.25) is 19.3 Å². The summed E-state index contributed by atoms with van der Waals surface area (Å²) >= 11 is 0. The highest BCUT2D eigenvalue weighted by atomic mass is 16.5. The predicted octanol–water partition coefficient (Wildman–Crippen LogP) is 2.48. The van der Waals surface area contributed by atoms with Gasteiger partial charge in [0.05, 0.1) is 17.2 Å². The maximum absolute atomic E-state index is 12.5. The Labute approximate surface area is 174 Å². The number of imide groups is 1. The van der Waals surface area contributed by atoms with Crippen molar-refractivity contribution in [3.05, 3.63) is 71.3 Å². The molecule has 2 unspecified atom stereocenters. The number of ether oxygens (including phenoxy) is 1. The van der Waals surface area contributed by atoms with Crippen LogP contribution in [-0.2, 0) is 14.3 Å². The van der Waals surface area contributed by atoms with Gasteiger partial charge in [0.25, 0.3) is 17.7 Å². The van der Waals surface area contributed by atoms with Crippen molar-refractivity contribution in [1.29, 1.82) is 0 Å². The fraction of sp³-hybridized carbons (Fsp3) is 0.304. The normalized spacial score (nSPS) is 17.3. The number of benzene rings is 2. The second-order valence-corrected chi connectivity index (χ2v) is 7.60. The molecule has 0 bridgehead atoms. The number of amides is 3. The Hall–Kier alpha value is -3.48. The number of esters is 1. The van der Waals surface area contributed by atoms with Crippen LogP contribution in [0.1, 0.15) is 52.1 Å². The Balaban J connectivity index is 1.35. The monoisotopic (exact) mass is 406 g/mol. The molecule has 2 aromatic carbocycles. The largest absolute Gasteiger partial charge is 0.454 e. The average molecular weight is 406 g/mol. The third-order valence-electron chi connectivity index (χ3n) is 5.47. The van der Waals surface area contributed by atoms with E-state index in [1.165, 1.54) is 6.92 Å². The van der Waals surface area contributed by atoms with Gasteiger partial charge in [0.15, 0.2) is 6.61 Å². The molecule has 7 heteroatoms. The molecule has 0 aromatic heterocycles. The molecular weight excluding hydrogens is 384 g/mol. The summed E-state index contributed by atoms with van der Waals surface area (Å²) in [6.07, 6.45) is 2.08. The molecule has 0 radical (unpaired) electrons. The van der Waals surface area contributed by atoms with Crippen LogP contribution in [-0.4, -0.2) is 41.2 Å². The number of carbonyl (C=O) groups excluding carboxylic acids is 4. The second kappa shape index (κ2) is 8.10. The van der Waals surface area contributed by atoms with E-state index in [2.05, 4.69) is 5.32 Å². The fourth-order valence-corrected chi connectivity index (χ4v) is 3.70. The van der Waals surface area contributed by atoms with Gasteiger partial charge < -0.3 is 10.1 Å². The van der Waals surface area contributed by atoms with Crippen LogP contribution >= 0.6 is 0 Å². The van der Waals surface area contributed by atoms with Crippen molar-refractivity contribution in [3.63, 3.8) is 0 Å². The Morgan fingerprint density at radius 2 is 1.57 bits per heavy atom. The van der Waals surface area contributed by atoms with Crippen molar-refractivity contribution >= 4 is 23.7 Å². The molecule has 1 fully saturated rings. The number of carbonyl (C=O) groups is 4. The van der Waals surface area contributed by atoms with Crippen molar-refractivity contribution < 1.29 is 23.9 Å². The summed E-state index contributed by atoms with van der Waals surface area (Å²) in [7, 11) is 0. The van der Waals surface area contributed by atoms with Crippen molar-refractivity contribution in [3.8, 4) is 0 Å². The van der Waals surface area contributed by atoms with E-state index in [0.29, 0.717) is 5.92 Å². The van der Waals surface area contributed by atoms with Crippen molar-refractivity contribution in [1.82, 2.24) is 10.2 Å². The summed E-state index contributed by atoms with van der Waals surface area (Å²) in [5.74, 6) is -1.92. The first-order chi connectivity index (χ1) is 14.5. The van der Waals surface area contributed by atoms with E-state index in [0.717, 1.165) is 23.3 Å². The lowest BCUT2D eigenvalue weighted by Crippen LogP contribution is -2.44. The van der Waals surface area contributed by atoms with Crippen LogP contribution in [0.2, 0.25) is 0 Å². The number of hydrogen-bond acceptors (Lipinski definition) is 5. The Morgan fingerprint density at radius 3 is 2.13 bits per heavy atom. The Morgan fingerprint density at radius 1 is 1.00 bits per heavy atom. The van der Waals surface area contributed by atoms with Crippen LogP contribution in [0.4, 0.5) is 0 Å². The van der Waals surface area contributed by atoms with E-state index in [4.69, 9.17) is 4.74 Å². The van der Waals surface area contributed by atoms with Gasteiger partial charge in [-0.2, -0.15) is 0 Å². The summed E-state index contributed by atoms with van der Waals surface area (Å²) in [6, 6.07) is 14.8. The maximum atomic E-state index is 12.5. The number of rotatable bonds is 7. The first kappa shape index (κ1) is 19.8. The van der Waals surface area contributed by atoms with Crippen LogP contribution in [0, 0.1) is 5.92 Å². The van der Waals surface area contributed by atoms with Gasteiger partial charge in [0, 0.05) is 0 Å². The smallest absolute Gasteiger partial charge is 0.329 e. The lowest BCUT2D eigenvalue weighted by atomic mass is 10.0. The molecule has 1 saturated carbocycles. The molecule has 2 aliphatic rings. The van der Waals surface area contributed by atoms with E-state index >= 15 is 0 Å². The minimum absolute atomic E-state index is 0.119. The molecule has 0 spiro atoms. The van der Waals surface area contributed by atoms with Crippen molar-refractivity contribution in [2.45, 2.75) is 31.8 Å². The molecule has 30 heavy (non-hydrogen) atoms. The summed E-state index contributed by atoms with van der Waals surface area (Å²) in [5.41, 5.74) is 1.53. The Bertz CT molecular complexity index is 965. The molecule has 154 valence electrons. The second-order valence-electron chi connectivity index (χ2n) is 7.60. The van der Waals surface area contributed by atoms with Gasteiger partial charge in [0.1, 0.15) is 6.04 Å². The topological polar surface area (TPSA) is 92.8 Å². The summed E-state index contributed by atoms with van der Waals surface area (Å²) < 4.78 is 5.11. The van der Waals surface area contributed by atoms with Gasteiger partial charge in [0.2, 0.25) is 0 Å². The van der Waals surface area contributed by atoms with Gasteiger partial charge in [-0.1, -0.05) is 42.5 Å². The molecular formula is C23H22N2O5. The van der Waals surface area contributed by atoms with Crippen molar-refractivity contribution in [2.75, 3.05) is 6.61 Å². The molecule has 2 aromatic rings. The minimum Gasteiger partial charge on any atom is -0.454 e. The number of nitrogens with zero attached hydrogens (tertiary/aromatic N) is 1. The first-order valence-electron chi connectivity index (χ1n) is 9.95. The predicted molar refractivity (Wildman–Crippen MR) is 107 cm³/mol. The zero-order valence-corrected chi connectivity index (χ0v) is 16.5. The average Bonchev–Trinajstić information content (AvgIpc) is 3.57. The third kappa shape index (κ3) is 3.83. The molecule has 1 heterocycles. The number of hydrogen-bond donors (Lipinski definition) is 1. The van der Waals surface area contributed by atoms with Gasteiger partial charge >= 0.3 is 5.97 Å². The molecule has 1 aliphatic carbocycles. The lowest BCUT2D eigenvalue weighted by Gasteiger charge is -2.22. The first-order valence-corrected chi connectivity index (χ1v) is 9.95. The molecule has 0 saturated heterocycles. The zero-order chi connectivity index (χ0) is 21.3. The van der Waals surface area contributed by atoms with E-state index in [-0.39, 0.29) is 17.2 Å². The number of nitrogens with one attached hydrogen (secondary N) is 1. The summed E-state index contributed by atoms with van der Waals surface area (Å²) in [6.45, 7) is 0.946. The lowest BCUT2D eigenvalue weighted by molar-refractivity contribution is -0.152. The molecule has 7 nitrogen and oxygen atoms in total. The highest BCUT2D eigenvalue weighted by molar-refractivity contribution is 6.22. The third-order valence-corrected chi connectivity index (χ3v) is 5.47. The fourth-order valence-electron chi connectivity index (χ4n) is 3.70. The van der Waals surface area contributed by atoms with Crippen molar-refractivity contribution in [2.24, 2.45) is 5.92 Å². The quantitative estimate of drug-likeness (QED) is 0.563. The highest BCUT2D eigenvalue weighted by Gasteiger charge is 2.41.